The highest BCUT2D eigenvalue weighted by Gasteiger charge is 2.24. The fourth-order valence-corrected chi connectivity index (χ4v) is 2.89. The Morgan fingerprint density at radius 3 is 2.59 bits per heavy atom. The molecule has 1 aromatic carbocycles. The van der Waals surface area contributed by atoms with Gasteiger partial charge < -0.3 is 10.4 Å². The van der Waals surface area contributed by atoms with Crippen molar-refractivity contribution in [1.29, 1.82) is 0 Å². The summed E-state index contributed by atoms with van der Waals surface area (Å²) in [5.74, 6) is -0.487. The molecule has 0 aliphatic heterocycles. The molecule has 4 nitrogen and oxygen atoms in total. The van der Waals surface area contributed by atoms with Gasteiger partial charge in [0.15, 0.2) is 0 Å². The number of carbonyl (C=O) groups excluding carboxylic acids is 1. The molecule has 122 valence electrons. The van der Waals surface area contributed by atoms with E-state index < -0.39 is 12.0 Å². The Hall–Kier alpha value is -1.14. The number of amides is 1. The van der Waals surface area contributed by atoms with Crippen molar-refractivity contribution in [2.45, 2.75) is 25.8 Å². The van der Waals surface area contributed by atoms with Gasteiger partial charge >= 0.3 is 5.97 Å². The molecule has 0 radical (unpaired) electrons. The van der Waals surface area contributed by atoms with E-state index in [1.165, 1.54) is 0 Å². The Labute approximate surface area is 141 Å². The molecule has 22 heavy (non-hydrogen) atoms. The summed E-state index contributed by atoms with van der Waals surface area (Å²) >= 11 is 5.82. The van der Waals surface area contributed by atoms with Gasteiger partial charge in [0.05, 0.1) is 5.92 Å². The number of thioether (sulfide) groups is 1. The molecule has 0 saturated heterocycles. The van der Waals surface area contributed by atoms with Crippen LogP contribution in [-0.2, 0) is 16.0 Å². The zero-order valence-electron chi connectivity index (χ0n) is 12.9. The van der Waals surface area contributed by atoms with Crippen LogP contribution >= 0.6 is 24.4 Å². The molecule has 2 N–H and O–H groups in total. The number of hydrogen-bond acceptors (Lipinski definition) is 4. The highest BCUT2D eigenvalue weighted by atomic mass is 32.2. The maximum atomic E-state index is 12.3. The summed E-state index contributed by atoms with van der Waals surface area (Å²) < 4.78 is 0. The normalized spacial score (nSPS) is 13.4. The Bertz CT molecular complexity index is 508. The van der Waals surface area contributed by atoms with Crippen LogP contribution in [0.25, 0.3) is 0 Å². The lowest BCUT2D eigenvalue weighted by Gasteiger charge is -2.19. The molecule has 0 spiro atoms. The zero-order valence-corrected chi connectivity index (χ0v) is 14.6. The van der Waals surface area contributed by atoms with E-state index in [4.69, 9.17) is 0 Å². The number of carbonyl (C=O) groups is 2. The predicted molar refractivity (Wildman–Crippen MR) is 94.8 cm³/mol. The predicted octanol–water partition coefficient (Wildman–Crippen LogP) is 2.41. The Balaban J connectivity index is 2.71. The average Bonchev–Trinajstić information content (AvgIpc) is 2.50. The van der Waals surface area contributed by atoms with Crippen molar-refractivity contribution in [1.82, 2.24) is 5.32 Å². The Morgan fingerprint density at radius 1 is 1.36 bits per heavy atom. The van der Waals surface area contributed by atoms with E-state index >= 15 is 0 Å². The third-order valence-electron chi connectivity index (χ3n) is 3.54. The third kappa shape index (κ3) is 5.93. The first-order chi connectivity index (χ1) is 10.5. The maximum Gasteiger partial charge on any atom is 0.326 e. The molecule has 0 bridgehead atoms. The van der Waals surface area contributed by atoms with Crippen LogP contribution < -0.4 is 5.32 Å². The minimum absolute atomic E-state index is 0.244. The fraction of sp³-hybridized carbons (Fsp3) is 0.500. The van der Waals surface area contributed by atoms with Crippen LogP contribution in [-0.4, -0.2) is 40.8 Å². The maximum absolute atomic E-state index is 12.3. The van der Waals surface area contributed by atoms with Gasteiger partial charge in [0.1, 0.15) is 6.04 Å². The number of hydrogen-bond donors (Lipinski definition) is 3. The van der Waals surface area contributed by atoms with Gasteiger partial charge in [0.2, 0.25) is 5.91 Å². The lowest BCUT2D eigenvalue weighted by molar-refractivity contribution is -0.142. The first kappa shape index (κ1) is 18.9. The molecule has 0 aromatic heterocycles. The topological polar surface area (TPSA) is 66.4 Å². The molecule has 0 heterocycles. The van der Waals surface area contributed by atoms with Crippen molar-refractivity contribution < 1.29 is 14.7 Å². The summed E-state index contributed by atoms with van der Waals surface area (Å²) in [7, 11) is 0. The summed E-state index contributed by atoms with van der Waals surface area (Å²) in [5, 5.41) is 11.8. The SMILES string of the molecule is CSCC[C@H](NC(=O)[C@H](CS)Cc1ccccc1C)C(=O)O. The highest BCUT2D eigenvalue weighted by Crippen LogP contribution is 2.15. The van der Waals surface area contributed by atoms with Crippen LogP contribution in [0.5, 0.6) is 0 Å². The smallest absolute Gasteiger partial charge is 0.326 e. The van der Waals surface area contributed by atoms with E-state index in [2.05, 4.69) is 17.9 Å². The van der Waals surface area contributed by atoms with Crippen molar-refractivity contribution >= 4 is 36.3 Å². The molecule has 0 aliphatic rings. The number of carboxylic acids is 1. The number of thiol groups is 1. The summed E-state index contributed by atoms with van der Waals surface area (Å²) in [6.45, 7) is 2.00. The lowest BCUT2D eigenvalue weighted by atomic mass is 9.96. The quantitative estimate of drug-likeness (QED) is 0.604. The molecule has 0 unspecified atom stereocenters. The third-order valence-corrected chi connectivity index (χ3v) is 4.63. The van der Waals surface area contributed by atoms with E-state index in [9.17, 15) is 14.7 Å². The minimum Gasteiger partial charge on any atom is -0.480 e. The van der Waals surface area contributed by atoms with Gasteiger partial charge in [-0.25, -0.2) is 4.79 Å². The number of rotatable bonds is 9. The van der Waals surface area contributed by atoms with Crippen molar-refractivity contribution in [2.75, 3.05) is 17.8 Å². The molecule has 0 fully saturated rings. The standard InChI is InChI=1S/C16H23NO3S2/c1-11-5-3-4-6-12(11)9-13(10-21)15(18)17-14(16(19)20)7-8-22-2/h3-6,13-14,21H,7-10H2,1-2H3,(H,17,18)(H,19,20)/t13-,14-/m0/s1. The van der Waals surface area contributed by atoms with Crippen LogP contribution in [0.2, 0.25) is 0 Å². The second kappa shape index (κ2) is 9.79. The van der Waals surface area contributed by atoms with Crippen molar-refractivity contribution in [3.63, 3.8) is 0 Å². The van der Waals surface area contributed by atoms with Crippen LogP contribution in [0.15, 0.2) is 24.3 Å². The van der Waals surface area contributed by atoms with Crippen LogP contribution in [0.1, 0.15) is 17.5 Å². The van der Waals surface area contributed by atoms with E-state index in [-0.39, 0.29) is 11.8 Å². The monoisotopic (exact) mass is 341 g/mol. The highest BCUT2D eigenvalue weighted by molar-refractivity contribution is 7.98. The number of carboxylic acid groups (broad SMARTS) is 1. The first-order valence-corrected chi connectivity index (χ1v) is 9.19. The number of nitrogens with one attached hydrogen (secondary N) is 1. The molecule has 1 amide bonds. The first-order valence-electron chi connectivity index (χ1n) is 7.17. The average molecular weight is 341 g/mol. The van der Waals surface area contributed by atoms with E-state index in [1.54, 1.807) is 11.8 Å². The molecule has 1 aromatic rings. The van der Waals surface area contributed by atoms with Gasteiger partial charge in [-0.2, -0.15) is 24.4 Å². The molecule has 2 atom stereocenters. The fourth-order valence-electron chi connectivity index (χ4n) is 2.13. The van der Waals surface area contributed by atoms with E-state index in [1.807, 2.05) is 37.4 Å². The van der Waals surface area contributed by atoms with Crippen molar-refractivity contribution in [2.24, 2.45) is 5.92 Å². The van der Waals surface area contributed by atoms with Gasteiger partial charge in [-0.15, -0.1) is 0 Å². The molecule has 1 rings (SSSR count). The summed E-state index contributed by atoms with van der Waals surface area (Å²) in [4.78, 5) is 23.6. The Morgan fingerprint density at radius 2 is 2.05 bits per heavy atom. The molecule has 0 aliphatic carbocycles. The molecular formula is C16H23NO3S2. The van der Waals surface area contributed by atoms with Crippen molar-refractivity contribution in [3.8, 4) is 0 Å². The van der Waals surface area contributed by atoms with Gasteiger partial charge in [0.25, 0.3) is 0 Å². The molecular weight excluding hydrogens is 318 g/mol. The van der Waals surface area contributed by atoms with Gasteiger partial charge in [-0.3, -0.25) is 4.79 Å². The summed E-state index contributed by atoms with van der Waals surface area (Å²) in [6.07, 6.45) is 2.90. The van der Waals surface area contributed by atoms with Gasteiger partial charge in [-0.05, 0) is 42.9 Å². The molecule has 0 saturated carbocycles. The lowest BCUT2D eigenvalue weighted by Crippen LogP contribution is -2.44. The number of benzene rings is 1. The Kier molecular flexibility index (Phi) is 8.42. The largest absolute Gasteiger partial charge is 0.480 e. The van der Waals surface area contributed by atoms with Gasteiger partial charge in [0, 0.05) is 5.75 Å². The second-order valence-corrected chi connectivity index (χ2v) is 6.54. The number of aryl methyl sites for hydroxylation is 1. The van der Waals surface area contributed by atoms with E-state index in [0.29, 0.717) is 24.3 Å². The molecule has 6 heteroatoms. The summed E-state index contributed by atoms with van der Waals surface area (Å²) in [6, 6.07) is 7.05. The van der Waals surface area contributed by atoms with Crippen LogP contribution in [0.3, 0.4) is 0 Å². The second-order valence-electron chi connectivity index (χ2n) is 5.19. The zero-order chi connectivity index (χ0) is 16.5. The number of aliphatic carboxylic acids is 1. The van der Waals surface area contributed by atoms with Crippen LogP contribution in [0.4, 0.5) is 0 Å². The minimum atomic E-state index is -0.990. The van der Waals surface area contributed by atoms with Crippen LogP contribution in [0, 0.1) is 12.8 Å². The van der Waals surface area contributed by atoms with E-state index in [0.717, 1.165) is 11.1 Å². The van der Waals surface area contributed by atoms with Crippen molar-refractivity contribution in [3.05, 3.63) is 35.4 Å². The van der Waals surface area contributed by atoms with Gasteiger partial charge in [-0.1, -0.05) is 24.3 Å². The summed E-state index contributed by atoms with van der Waals surface area (Å²) in [5.41, 5.74) is 2.21.